The Morgan fingerprint density at radius 2 is 1.77 bits per heavy atom. The molecule has 1 N–H and O–H groups in total. The third-order valence-electron chi connectivity index (χ3n) is 7.77. The molecule has 0 atom stereocenters. The Kier molecular flexibility index (Phi) is 7.54. The van der Waals surface area contributed by atoms with E-state index in [4.69, 9.17) is 9.47 Å². The van der Waals surface area contributed by atoms with Crippen molar-refractivity contribution in [1.82, 2.24) is 15.2 Å². The third-order valence-corrected chi connectivity index (χ3v) is 8.78. The molecule has 4 bridgehead atoms. The monoisotopic (exact) mass is 495 g/mol. The van der Waals surface area contributed by atoms with Gasteiger partial charge in [0, 0.05) is 24.2 Å². The Morgan fingerprint density at radius 1 is 1.09 bits per heavy atom. The van der Waals surface area contributed by atoms with Gasteiger partial charge in [-0.2, -0.15) is 0 Å². The molecule has 1 aromatic carbocycles. The van der Waals surface area contributed by atoms with Crippen molar-refractivity contribution in [1.29, 1.82) is 0 Å². The number of carbonyl (C=O) groups is 1. The van der Waals surface area contributed by atoms with Crippen LogP contribution < -0.4 is 14.8 Å². The van der Waals surface area contributed by atoms with Gasteiger partial charge in [0.05, 0.1) is 6.61 Å². The number of nitrogens with zero attached hydrogens (tertiary/aromatic N) is 2. The Labute approximate surface area is 213 Å². The number of amides is 1. The maximum Gasteiger partial charge on any atom is 0.412 e. The van der Waals surface area contributed by atoms with Gasteiger partial charge in [0.25, 0.3) is 0 Å². The number of nitrogens with one attached hydrogen (secondary N) is 1. The van der Waals surface area contributed by atoms with Gasteiger partial charge in [0.1, 0.15) is 10.8 Å². The maximum absolute atomic E-state index is 12.7. The molecule has 6 nitrogen and oxygen atoms in total. The first-order valence-corrected chi connectivity index (χ1v) is 13.7. The van der Waals surface area contributed by atoms with Crippen LogP contribution in [0.2, 0.25) is 0 Å². The summed E-state index contributed by atoms with van der Waals surface area (Å²) in [5.41, 5.74) is 0.288. The van der Waals surface area contributed by atoms with E-state index in [1.165, 1.54) is 50.3 Å². The minimum Gasteiger partial charge on any atom is -0.494 e. The molecule has 4 aliphatic rings. The minimum atomic E-state index is -0.378. The molecule has 188 valence electrons. The average Bonchev–Trinajstić information content (AvgIpc) is 2.82. The molecule has 0 aliphatic heterocycles. The lowest BCUT2D eigenvalue weighted by molar-refractivity contribution is -0.0503. The first-order valence-electron chi connectivity index (χ1n) is 12.9. The number of ether oxygens (including phenoxy) is 2. The summed E-state index contributed by atoms with van der Waals surface area (Å²) in [6.07, 6.45) is 10.4. The fraction of sp³-hybridized carbons (Fsp3) is 0.571. The predicted octanol–water partition coefficient (Wildman–Crippen LogP) is 5.87. The second kappa shape index (κ2) is 10.8. The molecule has 35 heavy (non-hydrogen) atoms. The molecule has 4 aliphatic carbocycles. The highest BCUT2D eigenvalue weighted by molar-refractivity contribution is 7.99. The van der Waals surface area contributed by atoms with Crippen LogP contribution >= 0.6 is 11.8 Å². The summed E-state index contributed by atoms with van der Waals surface area (Å²) in [6, 6.07) is 11.6. The normalized spacial score (nSPS) is 26.7. The van der Waals surface area contributed by atoms with Gasteiger partial charge in [-0.05, 0) is 119 Å². The molecule has 2 aromatic rings. The zero-order valence-electron chi connectivity index (χ0n) is 20.9. The van der Waals surface area contributed by atoms with E-state index in [-0.39, 0.29) is 11.5 Å². The molecule has 6 rings (SSSR count). The van der Waals surface area contributed by atoms with Crippen LogP contribution in [0.3, 0.4) is 0 Å². The van der Waals surface area contributed by atoms with Crippen molar-refractivity contribution in [2.45, 2.75) is 54.9 Å². The van der Waals surface area contributed by atoms with E-state index in [0.717, 1.165) is 47.9 Å². The fourth-order valence-electron chi connectivity index (χ4n) is 6.72. The second-order valence-electron chi connectivity index (χ2n) is 11.0. The molecule has 7 heteroatoms. The molecular weight excluding hydrogens is 458 g/mol. The Hall–Kier alpha value is -2.25. The SMILES string of the molecule is CN(C)CCCOc1ccc(Sc2ncccc2OC(=O)NCC23CC4CC(CC(C4)C2)C3)cc1. The number of pyridine rings is 1. The molecule has 4 fully saturated rings. The van der Waals surface area contributed by atoms with Gasteiger partial charge in [0.15, 0.2) is 5.75 Å². The second-order valence-corrected chi connectivity index (χ2v) is 12.1. The molecule has 1 amide bonds. The van der Waals surface area contributed by atoms with Crippen molar-refractivity contribution in [3.05, 3.63) is 42.6 Å². The number of aromatic nitrogens is 1. The van der Waals surface area contributed by atoms with Crippen molar-refractivity contribution in [3.63, 3.8) is 0 Å². The van der Waals surface area contributed by atoms with Crippen LogP contribution in [-0.2, 0) is 0 Å². The van der Waals surface area contributed by atoms with Crippen molar-refractivity contribution in [3.8, 4) is 11.5 Å². The number of rotatable bonds is 10. The fourth-order valence-corrected chi connectivity index (χ4v) is 7.54. The topological polar surface area (TPSA) is 63.7 Å². The van der Waals surface area contributed by atoms with Crippen molar-refractivity contribution < 1.29 is 14.3 Å². The van der Waals surface area contributed by atoms with Crippen LogP contribution in [-0.4, -0.2) is 49.8 Å². The summed E-state index contributed by atoms with van der Waals surface area (Å²) in [7, 11) is 4.13. The van der Waals surface area contributed by atoms with E-state index >= 15 is 0 Å². The summed E-state index contributed by atoms with van der Waals surface area (Å²) in [4.78, 5) is 20.4. The van der Waals surface area contributed by atoms with Crippen LogP contribution in [0.5, 0.6) is 11.5 Å². The van der Waals surface area contributed by atoms with Gasteiger partial charge in [-0.3, -0.25) is 0 Å². The van der Waals surface area contributed by atoms with E-state index in [1.807, 2.05) is 30.3 Å². The van der Waals surface area contributed by atoms with Crippen LogP contribution in [0.1, 0.15) is 44.9 Å². The van der Waals surface area contributed by atoms with Gasteiger partial charge in [-0.15, -0.1) is 0 Å². The van der Waals surface area contributed by atoms with Crippen LogP contribution in [0.4, 0.5) is 4.79 Å². The molecule has 0 saturated heterocycles. The summed E-state index contributed by atoms with van der Waals surface area (Å²) >= 11 is 1.48. The number of hydrogen-bond acceptors (Lipinski definition) is 6. The van der Waals surface area contributed by atoms with Gasteiger partial charge >= 0.3 is 6.09 Å². The van der Waals surface area contributed by atoms with Gasteiger partial charge in [-0.1, -0.05) is 11.8 Å². The first kappa shape index (κ1) is 24.4. The molecule has 0 radical (unpaired) electrons. The summed E-state index contributed by atoms with van der Waals surface area (Å²) in [5, 5.41) is 3.78. The van der Waals surface area contributed by atoms with Crippen molar-refractivity contribution in [2.75, 3.05) is 33.8 Å². The zero-order valence-corrected chi connectivity index (χ0v) is 21.7. The Morgan fingerprint density at radius 3 is 2.43 bits per heavy atom. The van der Waals surface area contributed by atoms with Crippen molar-refractivity contribution >= 4 is 17.9 Å². The van der Waals surface area contributed by atoms with E-state index < -0.39 is 0 Å². The first-order chi connectivity index (χ1) is 17.0. The molecule has 1 aromatic heterocycles. The molecule has 4 saturated carbocycles. The van der Waals surface area contributed by atoms with Gasteiger partial charge in [0.2, 0.25) is 0 Å². The van der Waals surface area contributed by atoms with Gasteiger partial charge in [-0.25, -0.2) is 9.78 Å². The average molecular weight is 496 g/mol. The summed E-state index contributed by atoms with van der Waals surface area (Å²) in [5.74, 6) is 3.96. The lowest BCUT2D eigenvalue weighted by Gasteiger charge is -2.56. The summed E-state index contributed by atoms with van der Waals surface area (Å²) in [6.45, 7) is 2.43. The van der Waals surface area contributed by atoms with Gasteiger partial charge < -0.3 is 19.7 Å². The van der Waals surface area contributed by atoms with Crippen LogP contribution in [0, 0.1) is 23.2 Å². The van der Waals surface area contributed by atoms with Crippen LogP contribution in [0.25, 0.3) is 0 Å². The van der Waals surface area contributed by atoms with E-state index in [0.29, 0.717) is 17.4 Å². The predicted molar refractivity (Wildman–Crippen MR) is 138 cm³/mol. The maximum atomic E-state index is 12.7. The minimum absolute atomic E-state index is 0.288. The van der Waals surface area contributed by atoms with Crippen LogP contribution in [0.15, 0.2) is 52.5 Å². The number of carbonyl (C=O) groups excluding carboxylic acids is 1. The van der Waals surface area contributed by atoms with Crippen molar-refractivity contribution in [2.24, 2.45) is 23.2 Å². The summed E-state index contributed by atoms with van der Waals surface area (Å²) < 4.78 is 11.6. The highest BCUT2D eigenvalue weighted by Gasteiger charge is 2.50. The smallest absolute Gasteiger partial charge is 0.412 e. The van der Waals surface area contributed by atoms with E-state index in [9.17, 15) is 4.79 Å². The third kappa shape index (κ3) is 6.31. The molecule has 1 heterocycles. The molecular formula is C28H37N3O3S. The Balaban J connectivity index is 1.13. The standard InChI is InChI=1S/C28H37N3O3S/c1-31(2)11-4-12-33-23-6-8-24(9-7-23)35-26-25(5-3-10-29-26)34-27(32)30-19-28-16-20-13-21(17-28)15-22(14-20)18-28/h3,5-10,20-22H,4,11-19H2,1-2H3,(H,30,32). The molecule has 0 unspecified atom stereocenters. The van der Waals surface area contributed by atoms with E-state index in [2.05, 4.69) is 29.3 Å². The lowest BCUT2D eigenvalue weighted by Crippen LogP contribution is -2.51. The quantitative estimate of drug-likeness (QED) is 0.416. The number of benzene rings is 1. The van der Waals surface area contributed by atoms with E-state index in [1.54, 1.807) is 12.3 Å². The largest absolute Gasteiger partial charge is 0.494 e. The highest BCUT2D eigenvalue weighted by Crippen LogP contribution is 2.59. The number of hydrogen-bond donors (Lipinski definition) is 1. The highest BCUT2D eigenvalue weighted by atomic mass is 32.2. The Bertz CT molecular complexity index is 975. The molecule has 0 spiro atoms. The zero-order chi connectivity index (χ0) is 24.3. The lowest BCUT2D eigenvalue weighted by atomic mass is 9.49.